The fraction of sp³-hybridized carbons (Fsp3) is 0.500. The number of aliphatic hydroxyl groups excluding tert-OH is 1. The van der Waals surface area contributed by atoms with E-state index in [2.05, 4.69) is 39.5 Å². The Morgan fingerprint density at radius 2 is 2.12 bits per heavy atom. The zero-order valence-corrected chi connectivity index (χ0v) is 15.4. The van der Waals surface area contributed by atoms with E-state index >= 15 is 0 Å². The Kier molecular flexibility index (Phi) is 5.82. The third-order valence-electron chi connectivity index (χ3n) is 6.00. The first-order valence-electron chi connectivity index (χ1n) is 9.01. The van der Waals surface area contributed by atoms with Crippen molar-refractivity contribution < 1.29 is 9.90 Å². The van der Waals surface area contributed by atoms with Gasteiger partial charge in [0, 0.05) is 11.0 Å². The van der Waals surface area contributed by atoms with Crippen LogP contribution < -0.4 is 0 Å². The van der Waals surface area contributed by atoms with Crippen molar-refractivity contribution in [3.8, 4) is 0 Å². The Bertz CT molecular complexity index is 645. The molecule has 0 bridgehead atoms. The highest BCUT2D eigenvalue weighted by Gasteiger charge is 2.47. The van der Waals surface area contributed by atoms with Crippen molar-refractivity contribution in [2.45, 2.75) is 47.0 Å². The van der Waals surface area contributed by atoms with Crippen molar-refractivity contribution in [2.75, 3.05) is 6.61 Å². The maximum Gasteiger partial charge on any atom is 0.169 e. The zero-order valence-electron chi connectivity index (χ0n) is 15.4. The number of carbonyl (C=O) groups is 1. The summed E-state index contributed by atoms with van der Waals surface area (Å²) in [5.41, 5.74) is 3.77. The maximum absolute atomic E-state index is 13.2. The van der Waals surface area contributed by atoms with Gasteiger partial charge in [0.2, 0.25) is 0 Å². The number of Topliss-reactive ketones (excluding diaryl/α,β-unsaturated/α-hetero) is 1. The van der Waals surface area contributed by atoms with Crippen molar-refractivity contribution in [1.82, 2.24) is 0 Å². The second-order valence-electron chi connectivity index (χ2n) is 7.03. The van der Waals surface area contributed by atoms with Crippen LogP contribution in [-0.2, 0) is 4.79 Å². The lowest BCUT2D eigenvalue weighted by molar-refractivity contribution is -0.126. The van der Waals surface area contributed by atoms with Gasteiger partial charge in [-0.2, -0.15) is 0 Å². The van der Waals surface area contributed by atoms with E-state index in [1.807, 2.05) is 25.2 Å². The molecule has 2 aliphatic rings. The van der Waals surface area contributed by atoms with Gasteiger partial charge in [-0.15, -0.1) is 0 Å². The summed E-state index contributed by atoms with van der Waals surface area (Å²) in [6.45, 7) is 12.2. The fourth-order valence-electron chi connectivity index (χ4n) is 3.99. The van der Waals surface area contributed by atoms with Crippen LogP contribution in [-0.4, -0.2) is 17.5 Å². The summed E-state index contributed by atoms with van der Waals surface area (Å²) >= 11 is 0. The van der Waals surface area contributed by atoms with Crippen LogP contribution in [0.4, 0.5) is 0 Å². The average molecular weight is 326 g/mol. The molecule has 2 unspecified atom stereocenters. The number of rotatable bonds is 6. The van der Waals surface area contributed by atoms with Crippen LogP contribution >= 0.6 is 0 Å². The molecule has 2 rings (SSSR count). The number of allylic oxidation sites excluding steroid dienone is 8. The number of hydrogen-bond donors (Lipinski definition) is 1. The van der Waals surface area contributed by atoms with E-state index in [9.17, 15) is 9.90 Å². The first-order valence-corrected chi connectivity index (χ1v) is 9.01. The van der Waals surface area contributed by atoms with E-state index in [0.29, 0.717) is 0 Å². The SMILES string of the molecule is C=C/C(=C\C1C(/C(=C\C)CO)CC2=C(C=C2)C(=O)[C@]1(C)CC)CC. The topological polar surface area (TPSA) is 37.3 Å². The third-order valence-corrected chi connectivity index (χ3v) is 6.00. The second kappa shape index (κ2) is 7.48. The molecule has 24 heavy (non-hydrogen) atoms. The van der Waals surface area contributed by atoms with Crippen LogP contribution in [0.3, 0.4) is 0 Å². The van der Waals surface area contributed by atoms with E-state index in [4.69, 9.17) is 0 Å². The summed E-state index contributed by atoms with van der Waals surface area (Å²) < 4.78 is 0. The summed E-state index contributed by atoms with van der Waals surface area (Å²) in [5, 5.41) is 9.89. The van der Waals surface area contributed by atoms with Gasteiger partial charge >= 0.3 is 0 Å². The molecule has 3 atom stereocenters. The van der Waals surface area contributed by atoms with Crippen molar-refractivity contribution in [2.24, 2.45) is 17.3 Å². The molecule has 130 valence electrons. The van der Waals surface area contributed by atoms with Gasteiger partial charge < -0.3 is 5.11 Å². The molecular formula is C22H30O2. The molecule has 1 N–H and O–H groups in total. The van der Waals surface area contributed by atoms with Crippen molar-refractivity contribution >= 4 is 5.78 Å². The summed E-state index contributed by atoms with van der Waals surface area (Å²) in [4.78, 5) is 13.2. The Hall–Kier alpha value is -1.67. The lowest BCUT2D eigenvalue weighted by Gasteiger charge is -2.38. The van der Waals surface area contributed by atoms with Crippen LogP contribution in [0.2, 0.25) is 0 Å². The molecule has 0 radical (unpaired) electrons. The van der Waals surface area contributed by atoms with Gasteiger partial charge in [-0.05, 0) is 49.2 Å². The highest BCUT2D eigenvalue weighted by atomic mass is 16.3. The van der Waals surface area contributed by atoms with Gasteiger partial charge in [0.15, 0.2) is 5.78 Å². The van der Waals surface area contributed by atoms with Crippen LogP contribution in [0, 0.1) is 17.3 Å². The summed E-state index contributed by atoms with van der Waals surface area (Å²) in [6, 6.07) is 0. The molecule has 0 saturated heterocycles. The molecule has 2 nitrogen and oxygen atoms in total. The minimum Gasteiger partial charge on any atom is -0.392 e. The highest BCUT2D eigenvalue weighted by Crippen LogP contribution is 2.50. The van der Waals surface area contributed by atoms with Gasteiger partial charge in [-0.3, -0.25) is 4.79 Å². The Labute approximate surface area is 146 Å². The summed E-state index contributed by atoms with van der Waals surface area (Å²) in [6.07, 6.45) is 12.7. The summed E-state index contributed by atoms with van der Waals surface area (Å²) in [7, 11) is 0. The van der Waals surface area contributed by atoms with Gasteiger partial charge in [-0.25, -0.2) is 0 Å². The minimum absolute atomic E-state index is 0.0430. The van der Waals surface area contributed by atoms with E-state index in [1.165, 1.54) is 5.57 Å². The molecule has 0 amide bonds. The van der Waals surface area contributed by atoms with Crippen molar-refractivity contribution in [3.63, 3.8) is 0 Å². The number of ketones is 1. The Morgan fingerprint density at radius 3 is 2.54 bits per heavy atom. The smallest absolute Gasteiger partial charge is 0.169 e. The molecule has 0 aromatic heterocycles. The van der Waals surface area contributed by atoms with Gasteiger partial charge in [0.05, 0.1) is 6.61 Å². The van der Waals surface area contributed by atoms with E-state index < -0.39 is 5.41 Å². The number of carbonyl (C=O) groups excluding carboxylic acids is 1. The molecule has 0 saturated carbocycles. The highest BCUT2D eigenvalue weighted by molar-refractivity contribution is 6.05. The van der Waals surface area contributed by atoms with E-state index in [-0.39, 0.29) is 24.2 Å². The molecule has 2 aliphatic carbocycles. The normalized spacial score (nSPS) is 30.8. The Balaban J connectivity index is 2.62. The Morgan fingerprint density at radius 1 is 1.42 bits per heavy atom. The van der Waals surface area contributed by atoms with Crippen LogP contribution in [0.25, 0.3) is 0 Å². The lowest BCUT2D eigenvalue weighted by atomic mass is 9.64. The number of hydrogen-bond acceptors (Lipinski definition) is 2. The number of aliphatic hydroxyl groups is 1. The second-order valence-corrected chi connectivity index (χ2v) is 7.03. The standard InChI is InChI=1S/C22H30O2/c1-6-15(7-2)12-20-19(16(8-3)14-23)13-17-10-11-18(17)21(24)22(20,5)9-4/h6,8,10-12,19-20,23H,1,7,9,13-14H2,2-5H3/b15-12+,16-8-/t19?,20?,22-/m1/s1. The van der Waals surface area contributed by atoms with Crippen molar-refractivity contribution in [3.05, 3.63) is 59.3 Å². The quantitative estimate of drug-likeness (QED) is 0.555. The van der Waals surface area contributed by atoms with Crippen LogP contribution in [0.1, 0.15) is 47.0 Å². The van der Waals surface area contributed by atoms with Gasteiger partial charge in [-0.1, -0.05) is 63.3 Å². The van der Waals surface area contributed by atoms with Crippen LogP contribution in [0.5, 0.6) is 0 Å². The molecule has 0 aromatic rings. The predicted molar refractivity (Wildman–Crippen MR) is 101 cm³/mol. The first-order chi connectivity index (χ1) is 11.5. The van der Waals surface area contributed by atoms with Gasteiger partial charge in [0.25, 0.3) is 0 Å². The molecule has 0 aromatic carbocycles. The maximum atomic E-state index is 13.2. The molecule has 2 heteroatoms. The molecule has 0 spiro atoms. The van der Waals surface area contributed by atoms with E-state index in [0.717, 1.165) is 36.0 Å². The molecule has 0 fully saturated rings. The largest absolute Gasteiger partial charge is 0.392 e. The van der Waals surface area contributed by atoms with Crippen molar-refractivity contribution in [1.29, 1.82) is 0 Å². The minimum atomic E-state index is -0.459. The monoisotopic (exact) mass is 326 g/mol. The molecule has 0 heterocycles. The fourth-order valence-corrected chi connectivity index (χ4v) is 3.99. The zero-order chi connectivity index (χ0) is 17.9. The third kappa shape index (κ3) is 3.00. The van der Waals surface area contributed by atoms with Crippen LogP contribution in [0.15, 0.2) is 59.3 Å². The molecular weight excluding hydrogens is 296 g/mol. The first kappa shape index (κ1) is 18.7. The lowest BCUT2D eigenvalue weighted by Crippen LogP contribution is -2.39. The van der Waals surface area contributed by atoms with Gasteiger partial charge in [0.1, 0.15) is 0 Å². The molecule has 0 aliphatic heterocycles. The average Bonchev–Trinajstić information content (AvgIpc) is 2.63. The summed E-state index contributed by atoms with van der Waals surface area (Å²) in [5.74, 6) is 0.459. The predicted octanol–water partition coefficient (Wildman–Crippen LogP) is 4.94. The van der Waals surface area contributed by atoms with E-state index in [1.54, 1.807) is 0 Å².